The number of hydrogen-bond acceptors (Lipinski definition) is 5. The highest BCUT2D eigenvalue weighted by Crippen LogP contribution is 2.27. The number of carbonyl (C=O) groups is 1. The van der Waals surface area contributed by atoms with Crippen LogP contribution < -0.4 is 10.0 Å². The number of benzene rings is 2. The minimum Gasteiger partial charge on any atom is -0.348 e. The van der Waals surface area contributed by atoms with Gasteiger partial charge in [0.05, 0.1) is 21.9 Å². The molecule has 7 nitrogen and oxygen atoms in total. The van der Waals surface area contributed by atoms with Crippen molar-refractivity contribution >= 4 is 27.3 Å². The number of carbonyl (C=O) groups excluding carboxylic acids is 1. The van der Waals surface area contributed by atoms with Crippen LogP contribution in [0.4, 0.5) is 0 Å². The molecule has 1 aliphatic rings. The van der Waals surface area contributed by atoms with Gasteiger partial charge in [-0.3, -0.25) is 9.48 Å². The van der Waals surface area contributed by atoms with E-state index in [9.17, 15) is 13.2 Å². The third-order valence-electron chi connectivity index (χ3n) is 5.53. The van der Waals surface area contributed by atoms with Gasteiger partial charge in [0.25, 0.3) is 5.91 Å². The van der Waals surface area contributed by atoms with Gasteiger partial charge in [-0.1, -0.05) is 48.5 Å². The predicted octanol–water partition coefficient (Wildman–Crippen LogP) is 4.03. The normalized spacial score (nSPS) is 13.6. The largest absolute Gasteiger partial charge is 0.348 e. The van der Waals surface area contributed by atoms with Crippen molar-refractivity contribution in [1.82, 2.24) is 19.8 Å². The minimum absolute atomic E-state index is 0.0595. The summed E-state index contributed by atoms with van der Waals surface area (Å²) in [7, 11) is -3.49. The van der Waals surface area contributed by atoms with E-state index in [1.54, 1.807) is 35.1 Å². The maximum absolute atomic E-state index is 13.1. The van der Waals surface area contributed by atoms with Crippen molar-refractivity contribution in [2.24, 2.45) is 0 Å². The second kappa shape index (κ2) is 9.54. The first-order chi connectivity index (χ1) is 16.5. The van der Waals surface area contributed by atoms with E-state index in [-0.39, 0.29) is 23.4 Å². The van der Waals surface area contributed by atoms with E-state index in [4.69, 9.17) is 0 Å². The average molecular weight is 493 g/mol. The quantitative estimate of drug-likeness (QED) is 0.369. The molecule has 34 heavy (non-hydrogen) atoms. The molecular weight excluding hydrogens is 468 g/mol. The highest BCUT2D eigenvalue weighted by Gasteiger charge is 2.27. The van der Waals surface area contributed by atoms with Crippen molar-refractivity contribution in [3.8, 4) is 10.6 Å². The van der Waals surface area contributed by atoms with Crippen LogP contribution >= 0.6 is 11.3 Å². The van der Waals surface area contributed by atoms with Crippen molar-refractivity contribution < 1.29 is 13.2 Å². The SMILES string of the molecule is O=C(NCc1ccc(S(=O)(=O)NC2CC2)cc1)c1cn(Cc2ccccc2)nc1-c1cccs1. The van der Waals surface area contributed by atoms with Crippen LogP contribution in [0.2, 0.25) is 0 Å². The van der Waals surface area contributed by atoms with Crippen LogP contribution in [0.15, 0.2) is 83.2 Å². The Labute approximate surface area is 202 Å². The van der Waals surface area contributed by atoms with Gasteiger partial charge in [0.15, 0.2) is 0 Å². The first-order valence-corrected chi connectivity index (χ1v) is 13.4. The van der Waals surface area contributed by atoms with E-state index < -0.39 is 10.0 Å². The average Bonchev–Trinajstić information content (AvgIpc) is 3.30. The van der Waals surface area contributed by atoms with Gasteiger partial charge in [-0.25, -0.2) is 13.1 Å². The standard InChI is InChI=1S/C25H24N4O3S2/c30-25(26-15-18-8-12-21(13-9-18)34(31,32)28-20-10-11-20)22-17-29(16-19-5-2-1-3-6-19)27-24(22)23-7-4-14-33-23/h1-9,12-14,17,20,28H,10-11,15-16H2,(H,26,30). The predicted molar refractivity (Wildman–Crippen MR) is 132 cm³/mol. The Kier molecular flexibility index (Phi) is 6.32. The van der Waals surface area contributed by atoms with E-state index in [2.05, 4.69) is 15.1 Å². The Morgan fingerprint density at radius 2 is 1.76 bits per heavy atom. The van der Waals surface area contributed by atoms with Crippen LogP contribution in [-0.4, -0.2) is 30.1 Å². The molecule has 1 saturated carbocycles. The number of nitrogens with one attached hydrogen (secondary N) is 2. The molecule has 4 aromatic rings. The van der Waals surface area contributed by atoms with E-state index >= 15 is 0 Å². The molecule has 0 radical (unpaired) electrons. The number of sulfonamides is 1. The highest BCUT2D eigenvalue weighted by molar-refractivity contribution is 7.89. The summed E-state index contributed by atoms with van der Waals surface area (Å²) in [6.45, 7) is 0.848. The molecule has 2 aromatic carbocycles. The van der Waals surface area contributed by atoms with Gasteiger partial charge in [0.2, 0.25) is 10.0 Å². The lowest BCUT2D eigenvalue weighted by atomic mass is 10.2. The Morgan fingerprint density at radius 1 is 1.00 bits per heavy atom. The minimum atomic E-state index is -3.49. The zero-order valence-corrected chi connectivity index (χ0v) is 20.0. The summed E-state index contributed by atoms with van der Waals surface area (Å²) >= 11 is 1.54. The number of aromatic nitrogens is 2. The lowest BCUT2D eigenvalue weighted by molar-refractivity contribution is 0.0951. The van der Waals surface area contributed by atoms with Crippen molar-refractivity contribution in [3.63, 3.8) is 0 Å². The maximum atomic E-state index is 13.1. The van der Waals surface area contributed by atoms with Gasteiger partial charge in [-0.2, -0.15) is 5.10 Å². The Balaban J connectivity index is 1.30. The number of nitrogens with zero attached hydrogens (tertiary/aromatic N) is 2. The van der Waals surface area contributed by atoms with E-state index in [0.29, 0.717) is 17.8 Å². The number of rotatable bonds is 9. The molecule has 2 N–H and O–H groups in total. The molecule has 0 atom stereocenters. The lowest BCUT2D eigenvalue weighted by Crippen LogP contribution is -2.26. The number of hydrogen-bond donors (Lipinski definition) is 2. The molecule has 2 aromatic heterocycles. The molecule has 0 bridgehead atoms. The molecule has 2 heterocycles. The first-order valence-electron chi connectivity index (χ1n) is 11.0. The summed E-state index contributed by atoms with van der Waals surface area (Å²) in [5.74, 6) is -0.227. The molecule has 0 unspecified atom stereocenters. The lowest BCUT2D eigenvalue weighted by Gasteiger charge is -2.08. The van der Waals surface area contributed by atoms with Crippen LogP contribution in [0.1, 0.15) is 34.3 Å². The summed E-state index contributed by atoms with van der Waals surface area (Å²) in [5, 5.41) is 9.59. The summed E-state index contributed by atoms with van der Waals surface area (Å²) in [6.07, 6.45) is 3.55. The number of amides is 1. The monoisotopic (exact) mass is 492 g/mol. The molecule has 0 spiro atoms. The van der Waals surface area contributed by atoms with Crippen molar-refractivity contribution in [2.75, 3.05) is 0 Å². The molecular formula is C25H24N4O3S2. The molecule has 1 fully saturated rings. The Bertz CT molecular complexity index is 1380. The van der Waals surface area contributed by atoms with E-state index in [1.807, 2.05) is 47.8 Å². The summed E-state index contributed by atoms with van der Waals surface area (Å²) in [6, 6.07) is 20.5. The fraction of sp³-hybridized carbons (Fsp3) is 0.200. The van der Waals surface area contributed by atoms with Crippen LogP contribution in [0.3, 0.4) is 0 Å². The summed E-state index contributed by atoms with van der Waals surface area (Å²) < 4.78 is 29.1. The van der Waals surface area contributed by atoms with Crippen molar-refractivity contribution in [2.45, 2.75) is 36.9 Å². The fourth-order valence-corrected chi connectivity index (χ4v) is 5.62. The second-order valence-electron chi connectivity index (χ2n) is 8.27. The zero-order chi connectivity index (χ0) is 23.5. The Morgan fingerprint density at radius 3 is 2.44 bits per heavy atom. The fourth-order valence-electron chi connectivity index (χ4n) is 3.59. The first kappa shape index (κ1) is 22.5. The van der Waals surface area contributed by atoms with E-state index in [1.165, 1.54) is 11.3 Å². The summed E-state index contributed by atoms with van der Waals surface area (Å²) in [4.78, 5) is 14.2. The molecule has 1 aliphatic carbocycles. The van der Waals surface area contributed by atoms with Gasteiger partial charge in [0, 0.05) is 18.8 Å². The van der Waals surface area contributed by atoms with Gasteiger partial charge >= 0.3 is 0 Å². The number of thiophene rings is 1. The van der Waals surface area contributed by atoms with Crippen molar-refractivity contribution in [1.29, 1.82) is 0 Å². The van der Waals surface area contributed by atoms with Crippen LogP contribution in [-0.2, 0) is 23.1 Å². The zero-order valence-electron chi connectivity index (χ0n) is 18.3. The van der Waals surface area contributed by atoms with Gasteiger partial charge in [-0.15, -0.1) is 11.3 Å². The van der Waals surface area contributed by atoms with Gasteiger partial charge < -0.3 is 5.32 Å². The van der Waals surface area contributed by atoms with Gasteiger partial charge in [-0.05, 0) is 47.5 Å². The summed E-state index contributed by atoms with van der Waals surface area (Å²) in [5.41, 5.74) is 3.07. The Hall–Kier alpha value is -3.27. The third kappa shape index (κ3) is 5.27. The van der Waals surface area contributed by atoms with E-state index in [0.717, 1.165) is 28.8 Å². The van der Waals surface area contributed by atoms with Crippen LogP contribution in [0.5, 0.6) is 0 Å². The molecule has 1 amide bonds. The van der Waals surface area contributed by atoms with Gasteiger partial charge in [0.1, 0.15) is 5.69 Å². The van der Waals surface area contributed by atoms with Crippen molar-refractivity contribution in [3.05, 3.63) is 95.0 Å². The maximum Gasteiger partial charge on any atom is 0.255 e. The second-order valence-corrected chi connectivity index (χ2v) is 10.9. The molecule has 0 saturated heterocycles. The highest BCUT2D eigenvalue weighted by atomic mass is 32.2. The van der Waals surface area contributed by atoms with Crippen LogP contribution in [0.25, 0.3) is 10.6 Å². The molecule has 174 valence electrons. The molecule has 9 heteroatoms. The van der Waals surface area contributed by atoms with Crippen LogP contribution in [0, 0.1) is 0 Å². The molecule has 0 aliphatic heterocycles. The molecule has 5 rings (SSSR count). The topological polar surface area (TPSA) is 93.1 Å². The smallest absolute Gasteiger partial charge is 0.255 e. The third-order valence-corrected chi connectivity index (χ3v) is 7.95.